The van der Waals surface area contributed by atoms with Gasteiger partial charge in [-0.25, -0.2) is 26.9 Å². The van der Waals surface area contributed by atoms with Gasteiger partial charge in [0.2, 0.25) is 10.0 Å². The molecule has 0 bridgehead atoms. The van der Waals surface area contributed by atoms with Crippen molar-refractivity contribution >= 4 is 39.0 Å². The number of rotatable bonds is 6. The average Bonchev–Trinajstić information content (AvgIpc) is 3.18. The van der Waals surface area contributed by atoms with Crippen molar-refractivity contribution in [3.63, 3.8) is 0 Å². The van der Waals surface area contributed by atoms with E-state index >= 15 is 0 Å². The smallest absolute Gasteiger partial charge is 0.291 e. The molecule has 1 atom stereocenters. The van der Waals surface area contributed by atoms with E-state index in [1.165, 1.54) is 6.20 Å². The van der Waals surface area contributed by atoms with Crippen LogP contribution in [0.1, 0.15) is 38.1 Å². The fraction of sp³-hybridized carbons (Fsp3) is 0.500. The highest BCUT2D eigenvalue weighted by Gasteiger charge is 2.41. The fourth-order valence-electron chi connectivity index (χ4n) is 3.85. The number of aromatic nitrogens is 4. The summed E-state index contributed by atoms with van der Waals surface area (Å²) in [7, 11) is -3.80. The number of carboxylic acid groups (broad SMARTS) is 1. The lowest BCUT2D eigenvalue weighted by atomic mass is 10.2. The number of nitrogens with one attached hydrogen (secondary N) is 2. The van der Waals surface area contributed by atoms with Crippen molar-refractivity contribution in [2.75, 3.05) is 24.5 Å². The van der Waals surface area contributed by atoms with E-state index in [9.17, 15) is 17.2 Å². The molecule has 1 aliphatic carbocycles. The summed E-state index contributed by atoms with van der Waals surface area (Å²) in [5.41, 5.74) is 0.972. The summed E-state index contributed by atoms with van der Waals surface area (Å²) < 4.78 is 56.9. The van der Waals surface area contributed by atoms with Gasteiger partial charge in [-0.2, -0.15) is 0 Å². The van der Waals surface area contributed by atoms with E-state index < -0.39 is 27.0 Å². The average molecular weight is 530 g/mol. The van der Waals surface area contributed by atoms with Crippen LogP contribution in [0.3, 0.4) is 0 Å². The Morgan fingerprint density at radius 1 is 1.37 bits per heavy atom. The molecule has 4 heterocycles. The van der Waals surface area contributed by atoms with E-state index in [1.54, 1.807) is 16.7 Å². The molecule has 2 aliphatic rings. The first kappa shape index (κ1) is 25.3. The van der Waals surface area contributed by atoms with Gasteiger partial charge in [0.25, 0.3) is 12.9 Å². The van der Waals surface area contributed by atoms with Crippen LogP contribution in [0.4, 0.5) is 14.5 Å². The van der Waals surface area contributed by atoms with E-state index in [0.717, 1.165) is 36.4 Å². The molecule has 0 amide bonds. The monoisotopic (exact) mass is 529 g/mol. The number of sulfonamides is 1. The number of nitrogens with zero attached hydrogens (tertiary/aromatic N) is 5. The van der Waals surface area contributed by atoms with Gasteiger partial charge in [-0.05, 0) is 32.8 Å². The maximum Gasteiger partial charge on any atom is 0.291 e. The third-order valence-electron chi connectivity index (χ3n) is 5.81. The van der Waals surface area contributed by atoms with Gasteiger partial charge in [0.05, 0.1) is 17.4 Å². The first-order valence-corrected chi connectivity index (χ1v) is 13.1. The van der Waals surface area contributed by atoms with Crippen molar-refractivity contribution in [3.8, 4) is 10.8 Å². The topological polar surface area (TPSA) is 142 Å². The zero-order valence-corrected chi connectivity index (χ0v) is 20.6. The van der Waals surface area contributed by atoms with Crippen LogP contribution in [0.5, 0.6) is 0 Å². The summed E-state index contributed by atoms with van der Waals surface area (Å²) in [4.78, 5) is 15.0. The van der Waals surface area contributed by atoms with Crippen molar-refractivity contribution in [1.82, 2.24) is 29.6 Å². The molecular formula is C20H25F2N7O4S2. The highest BCUT2D eigenvalue weighted by atomic mass is 32.2. The van der Waals surface area contributed by atoms with Crippen LogP contribution < -0.4 is 14.9 Å². The standard InChI is InChI=1S/C19H23F2N7O2S2.CH2O2/c1-11-9-27(6-5-22-11)13-7-12(32(29,30)26-19(2)3-4-19)10-28-14(13)8-23-16(28)18-25-24-17(31-18)15(20)21;2-1-3/h7-8,10-11,15,22,26H,3-6,9H2,1-2H3;1H,(H,2,3)/t11-;/m0./s1. The second kappa shape index (κ2) is 9.72. The number of pyridine rings is 1. The zero-order valence-electron chi connectivity index (χ0n) is 19.0. The predicted molar refractivity (Wildman–Crippen MR) is 125 cm³/mol. The fourth-order valence-corrected chi connectivity index (χ4v) is 6.02. The van der Waals surface area contributed by atoms with Crippen molar-refractivity contribution < 1.29 is 27.1 Å². The van der Waals surface area contributed by atoms with Crippen LogP contribution in [0.25, 0.3) is 16.3 Å². The maximum absolute atomic E-state index is 13.2. The Morgan fingerprint density at radius 2 is 2.09 bits per heavy atom. The highest BCUT2D eigenvalue weighted by molar-refractivity contribution is 7.89. The van der Waals surface area contributed by atoms with Gasteiger partial charge in [0.15, 0.2) is 15.8 Å². The van der Waals surface area contributed by atoms with Crippen LogP contribution in [-0.4, -0.2) is 70.8 Å². The van der Waals surface area contributed by atoms with Gasteiger partial charge in [0.1, 0.15) is 4.90 Å². The number of hydrogen-bond donors (Lipinski definition) is 3. The second-order valence-electron chi connectivity index (χ2n) is 8.72. The lowest BCUT2D eigenvalue weighted by Crippen LogP contribution is -2.49. The second-order valence-corrected chi connectivity index (χ2v) is 11.4. The summed E-state index contributed by atoms with van der Waals surface area (Å²) in [6.07, 6.45) is 1.93. The van der Waals surface area contributed by atoms with Crippen LogP contribution >= 0.6 is 11.3 Å². The molecule has 3 aromatic rings. The summed E-state index contributed by atoms with van der Waals surface area (Å²) in [5, 5.41) is 17.5. The Labute approximate surface area is 204 Å². The molecule has 190 valence electrons. The van der Waals surface area contributed by atoms with E-state index in [4.69, 9.17) is 9.90 Å². The van der Waals surface area contributed by atoms with Crippen molar-refractivity contribution in [1.29, 1.82) is 0 Å². The molecule has 5 rings (SSSR count). The minimum absolute atomic E-state index is 0.0946. The number of piperazine rings is 1. The van der Waals surface area contributed by atoms with E-state index in [2.05, 4.69) is 37.0 Å². The lowest BCUT2D eigenvalue weighted by Gasteiger charge is -2.34. The summed E-state index contributed by atoms with van der Waals surface area (Å²) in [6.45, 7) is 5.84. The number of fused-ring (bicyclic) bond motifs is 1. The van der Waals surface area contributed by atoms with Crippen LogP contribution in [-0.2, 0) is 14.8 Å². The van der Waals surface area contributed by atoms with Crippen LogP contribution in [0.15, 0.2) is 23.4 Å². The lowest BCUT2D eigenvalue weighted by molar-refractivity contribution is -0.122. The Bertz CT molecular complexity index is 1320. The van der Waals surface area contributed by atoms with Crippen molar-refractivity contribution in [2.45, 2.75) is 49.6 Å². The van der Waals surface area contributed by atoms with E-state index in [0.29, 0.717) is 18.6 Å². The molecule has 1 aliphatic heterocycles. The molecule has 35 heavy (non-hydrogen) atoms. The zero-order chi connectivity index (χ0) is 25.4. The maximum atomic E-state index is 13.2. The van der Waals surface area contributed by atoms with E-state index in [1.807, 2.05) is 6.92 Å². The molecule has 0 unspecified atom stereocenters. The highest BCUT2D eigenvalue weighted by Crippen LogP contribution is 2.37. The SMILES string of the molecule is C[C@H]1CN(c2cc(S(=O)(=O)NC3(C)CC3)cn3c(-c4nnc(C(F)F)s4)ncc23)CCN1.O=CO. The third kappa shape index (κ3) is 5.42. The Morgan fingerprint density at radius 3 is 2.69 bits per heavy atom. The number of hydrogen-bond acceptors (Lipinski definition) is 9. The Balaban J connectivity index is 0.000000917. The first-order chi connectivity index (χ1) is 16.6. The number of imidazole rings is 1. The number of halogens is 2. The third-order valence-corrected chi connectivity index (χ3v) is 8.35. The molecular weight excluding hydrogens is 504 g/mol. The Hall–Kier alpha value is -2.75. The van der Waals surface area contributed by atoms with Gasteiger partial charge in [-0.3, -0.25) is 9.20 Å². The summed E-state index contributed by atoms with van der Waals surface area (Å²) in [5.74, 6) is 0.281. The Kier molecular flexibility index (Phi) is 7.04. The normalized spacial score (nSPS) is 19.5. The van der Waals surface area contributed by atoms with Gasteiger partial charge in [-0.15, -0.1) is 10.2 Å². The molecule has 0 spiro atoms. The molecule has 0 radical (unpaired) electrons. The number of anilines is 1. The van der Waals surface area contributed by atoms with Gasteiger partial charge in [0, 0.05) is 37.4 Å². The largest absolute Gasteiger partial charge is 0.483 e. The van der Waals surface area contributed by atoms with Gasteiger partial charge in [-0.1, -0.05) is 11.3 Å². The molecule has 1 saturated heterocycles. The van der Waals surface area contributed by atoms with Gasteiger partial charge < -0.3 is 15.3 Å². The molecule has 15 heteroatoms. The van der Waals surface area contributed by atoms with Gasteiger partial charge >= 0.3 is 0 Å². The minimum atomic E-state index is -3.80. The van der Waals surface area contributed by atoms with E-state index in [-0.39, 0.29) is 28.2 Å². The van der Waals surface area contributed by atoms with Crippen molar-refractivity contribution in [3.05, 3.63) is 23.5 Å². The van der Waals surface area contributed by atoms with Crippen molar-refractivity contribution in [2.24, 2.45) is 0 Å². The minimum Gasteiger partial charge on any atom is -0.483 e. The number of alkyl halides is 2. The van der Waals surface area contributed by atoms with Crippen LogP contribution in [0.2, 0.25) is 0 Å². The molecule has 1 saturated carbocycles. The molecule has 3 N–H and O–H groups in total. The molecule has 2 fully saturated rings. The number of carbonyl (C=O) groups is 1. The first-order valence-electron chi connectivity index (χ1n) is 10.8. The summed E-state index contributed by atoms with van der Waals surface area (Å²) in [6, 6.07) is 1.89. The summed E-state index contributed by atoms with van der Waals surface area (Å²) >= 11 is 0.745. The molecule has 3 aromatic heterocycles. The predicted octanol–water partition coefficient (Wildman–Crippen LogP) is 2.12. The molecule has 11 nitrogen and oxygen atoms in total. The quantitative estimate of drug-likeness (QED) is 0.409. The molecule has 0 aromatic carbocycles. The van der Waals surface area contributed by atoms with Crippen LogP contribution in [0, 0.1) is 0 Å².